The Labute approximate surface area is 108 Å². The van der Waals surface area contributed by atoms with Crippen molar-refractivity contribution in [2.24, 2.45) is 7.05 Å². The molecule has 2 rings (SSSR count). The summed E-state index contributed by atoms with van der Waals surface area (Å²) in [7, 11) is 1.98. The van der Waals surface area contributed by atoms with E-state index in [4.69, 9.17) is 9.47 Å². The zero-order valence-corrected chi connectivity index (χ0v) is 11.7. The number of hydrogen-bond donors (Lipinski definition) is 1. The highest BCUT2D eigenvalue weighted by atomic mass is 16.6. The zero-order valence-electron chi connectivity index (χ0n) is 11.7. The topological polar surface area (TPSA) is 48.3 Å². The maximum Gasteiger partial charge on any atom is 0.0933 e. The summed E-state index contributed by atoms with van der Waals surface area (Å²) in [6.45, 7) is 9.24. The van der Waals surface area contributed by atoms with Crippen molar-refractivity contribution >= 4 is 0 Å². The van der Waals surface area contributed by atoms with Crippen LogP contribution >= 0.6 is 0 Å². The first-order chi connectivity index (χ1) is 8.59. The summed E-state index contributed by atoms with van der Waals surface area (Å²) < 4.78 is 12.9. The first-order valence-electron chi connectivity index (χ1n) is 6.52. The summed E-state index contributed by atoms with van der Waals surface area (Å²) in [6.07, 6.45) is 0.165. The predicted molar refractivity (Wildman–Crippen MR) is 69.7 cm³/mol. The molecule has 1 aliphatic rings. The third-order valence-corrected chi connectivity index (χ3v) is 3.53. The van der Waals surface area contributed by atoms with Crippen molar-refractivity contribution in [3.63, 3.8) is 0 Å². The van der Waals surface area contributed by atoms with E-state index >= 15 is 0 Å². The second-order valence-corrected chi connectivity index (χ2v) is 4.91. The average molecular weight is 253 g/mol. The maximum absolute atomic E-state index is 5.62. The van der Waals surface area contributed by atoms with Crippen LogP contribution in [-0.4, -0.2) is 42.2 Å². The lowest BCUT2D eigenvalue weighted by molar-refractivity contribution is -0.0869. The lowest BCUT2D eigenvalue weighted by Crippen LogP contribution is -2.38. The van der Waals surface area contributed by atoms with Gasteiger partial charge in [0.25, 0.3) is 0 Å². The van der Waals surface area contributed by atoms with E-state index in [-0.39, 0.29) is 12.1 Å². The van der Waals surface area contributed by atoms with Crippen molar-refractivity contribution < 1.29 is 9.47 Å². The molecule has 1 aromatic rings. The summed E-state index contributed by atoms with van der Waals surface area (Å²) in [4.78, 5) is 0. The van der Waals surface area contributed by atoms with Crippen LogP contribution in [0.3, 0.4) is 0 Å². The fraction of sp³-hybridized carbons (Fsp3) is 0.769. The van der Waals surface area contributed by atoms with Crippen LogP contribution in [0.25, 0.3) is 0 Å². The fourth-order valence-electron chi connectivity index (χ4n) is 2.48. The van der Waals surface area contributed by atoms with Crippen molar-refractivity contribution in [3.05, 3.63) is 17.0 Å². The number of nitrogens with zero attached hydrogens (tertiary/aromatic N) is 2. The Bertz CT molecular complexity index is 397. The molecule has 5 nitrogen and oxygen atoms in total. The minimum absolute atomic E-state index is 0.165. The molecule has 2 atom stereocenters. The van der Waals surface area contributed by atoms with Gasteiger partial charge in [0.1, 0.15) is 0 Å². The van der Waals surface area contributed by atoms with Crippen LogP contribution in [0, 0.1) is 13.8 Å². The van der Waals surface area contributed by atoms with E-state index in [1.165, 1.54) is 11.3 Å². The van der Waals surface area contributed by atoms with E-state index in [0.29, 0.717) is 19.8 Å². The number of nitrogens with one attached hydrogen (secondary N) is 1. The second-order valence-electron chi connectivity index (χ2n) is 4.91. The van der Waals surface area contributed by atoms with E-state index in [0.717, 1.165) is 12.2 Å². The Morgan fingerprint density at radius 3 is 2.78 bits per heavy atom. The molecule has 102 valence electrons. The van der Waals surface area contributed by atoms with Crippen LogP contribution in [0.1, 0.15) is 29.9 Å². The molecule has 2 unspecified atom stereocenters. The molecular formula is C13H23N3O2. The molecule has 0 amide bonds. The average Bonchev–Trinajstić information content (AvgIpc) is 2.62. The van der Waals surface area contributed by atoms with Crippen molar-refractivity contribution in [1.82, 2.24) is 15.1 Å². The number of aryl methyl sites for hydroxylation is 2. The van der Waals surface area contributed by atoms with Crippen LogP contribution in [-0.2, 0) is 16.5 Å². The maximum atomic E-state index is 5.62. The van der Waals surface area contributed by atoms with Gasteiger partial charge in [0.15, 0.2) is 0 Å². The highest BCUT2D eigenvalue weighted by Crippen LogP contribution is 2.20. The molecule has 1 fully saturated rings. The summed E-state index contributed by atoms with van der Waals surface area (Å²) in [6, 6.07) is 0.282. The number of rotatable bonds is 4. The molecule has 0 bridgehead atoms. The van der Waals surface area contributed by atoms with E-state index in [9.17, 15) is 0 Å². The van der Waals surface area contributed by atoms with Gasteiger partial charge < -0.3 is 14.8 Å². The minimum atomic E-state index is 0.165. The monoisotopic (exact) mass is 253 g/mol. The Balaban J connectivity index is 1.92. The molecule has 0 radical (unpaired) electrons. The van der Waals surface area contributed by atoms with Gasteiger partial charge in [0.2, 0.25) is 0 Å². The smallest absolute Gasteiger partial charge is 0.0933 e. The summed E-state index contributed by atoms with van der Waals surface area (Å²) in [5, 5.41) is 7.95. The summed E-state index contributed by atoms with van der Waals surface area (Å²) in [5.74, 6) is 0. The Morgan fingerprint density at radius 1 is 1.44 bits per heavy atom. The van der Waals surface area contributed by atoms with E-state index in [2.05, 4.69) is 31.2 Å². The van der Waals surface area contributed by atoms with Gasteiger partial charge in [-0.1, -0.05) is 0 Å². The third-order valence-electron chi connectivity index (χ3n) is 3.53. The Hall–Kier alpha value is -0.910. The normalized spacial score (nSPS) is 22.1. The molecular weight excluding hydrogens is 230 g/mol. The largest absolute Gasteiger partial charge is 0.376 e. The van der Waals surface area contributed by atoms with Gasteiger partial charge in [0, 0.05) is 30.9 Å². The standard InChI is InChI=1S/C13H23N3O2/c1-9(13-10(2)15-16(4)11(13)3)14-7-12-8-17-5-6-18-12/h9,12,14H,5-8H2,1-4H3. The molecule has 5 heteroatoms. The van der Waals surface area contributed by atoms with Gasteiger partial charge in [0.05, 0.1) is 31.6 Å². The first kappa shape index (κ1) is 13.5. The highest BCUT2D eigenvalue weighted by molar-refractivity contribution is 5.27. The molecule has 1 aromatic heterocycles. The Morgan fingerprint density at radius 2 is 2.22 bits per heavy atom. The van der Waals surface area contributed by atoms with Crippen LogP contribution in [0.2, 0.25) is 0 Å². The van der Waals surface area contributed by atoms with Crippen molar-refractivity contribution in [2.75, 3.05) is 26.4 Å². The van der Waals surface area contributed by atoms with Gasteiger partial charge in [-0.15, -0.1) is 0 Å². The highest BCUT2D eigenvalue weighted by Gasteiger charge is 2.19. The summed E-state index contributed by atoms with van der Waals surface area (Å²) >= 11 is 0. The number of ether oxygens (including phenoxy) is 2. The molecule has 0 aromatic carbocycles. The van der Waals surface area contributed by atoms with Crippen LogP contribution in [0.15, 0.2) is 0 Å². The van der Waals surface area contributed by atoms with Gasteiger partial charge in [-0.05, 0) is 20.8 Å². The number of hydrogen-bond acceptors (Lipinski definition) is 4. The summed E-state index contributed by atoms with van der Waals surface area (Å²) in [5.41, 5.74) is 3.60. The van der Waals surface area contributed by atoms with Crippen molar-refractivity contribution in [1.29, 1.82) is 0 Å². The molecule has 0 aliphatic carbocycles. The van der Waals surface area contributed by atoms with E-state index in [1.54, 1.807) is 0 Å². The Kier molecular flexibility index (Phi) is 4.37. The lowest BCUT2D eigenvalue weighted by Gasteiger charge is -2.25. The van der Waals surface area contributed by atoms with Crippen LogP contribution in [0.4, 0.5) is 0 Å². The molecule has 0 spiro atoms. The van der Waals surface area contributed by atoms with E-state index < -0.39 is 0 Å². The van der Waals surface area contributed by atoms with Crippen LogP contribution in [0.5, 0.6) is 0 Å². The molecule has 2 heterocycles. The fourth-order valence-corrected chi connectivity index (χ4v) is 2.48. The quantitative estimate of drug-likeness (QED) is 0.873. The zero-order chi connectivity index (χ0) is 13.1. The SMILES string of the molecule is Cc1nn(C)c(C)c1C(C)NCC1COCCO1. The molecule has 1 N–H and O–H groups in total. The molecule has 0 saturated carbocycles. The predicted octanol–water partition coefficient (Wildman–Crippen LogP) is 1.10. The van der Waals surface area contributed by atoms with Crippen molar-refractivity contribution in [3.8, 4) is 0 Å². The first-order valence-corrected chi connectivity index (χ1v) is 6.52. The molecule has 18 heavy (non-hydrogen) atoms. The van der Waals surface area contributed by atoms with Gasteiger partial charge in [-0.2, -0.15) is 5.10 Å². The van der Waals surface area contributed by atoms with Crippen molar-refractivity contribution in [2.45, 2.75) is 32.9 Å². The van der Waals surface area contributed by atoms with Crippen LogP contribution < -0.4 is 5.32 Å². The molecule has 1 saturated heterocycles. The molecule has 1 aliphatic heterocycles. The van der Waals surface area contributed by atoms with Gasteiger partial charge >= 0.3 is 0 Å². The lowest BCUT2D eigenvalue weighted by atomic mass is 10.1. The van der Waals surface area contributed by atoms with Gasteiger partial charge in [-0.3, -0.25) is 4.68 Å². The third kappa shape index (κ3) is 2.91. The number of aromatic nitrogens is 2. The minimum Gasteiger partial charge on any atom is -0.376 e. The van der Waals surface area contributed by atoms with E-state index in [1.807, 2.05) is 11.7 Å². The van der Waals surface area contributed by atoms with Gasteiger partial charge in [-0.25, -0.2) is 0 Å². The second kappa shape index (κ2) is 5.82.